The molecule has 2 aromatic heterocycles. The molecule has 28 heavy (non-hydrogen) atoms. The van der Waals surface area contributed by atoms with Crippen LogP contribution >= 0.6 is 23.7 Å². The number of aromatic nitrogens is 3. The Morgan fingerprint density at radius 3 is 2.54 bits per heavy atom. The summed E-state index contributed by atoms with van der Waals surface area (Å²) in [6.45, 7) is 0. The molecule has 6 nitrogen and oxygen atoms in total. The molecule has 0 atom stereocenters. The lowest BCUT2D eigenvalue weighted by Crippen LogP contribution is -2.40. The molecule has 9 heteroatoms. The molecule has 148 valence electrons. The van der Waals surface area contributed by atoms with Crippen molar-refractivity contribution in [2.24, 2.45) is 5.73 Å². The Hall–Kier alpha value is -2.29. The summed E-state index contributed by atoms with van der Waals surface area (Å²) in [6.07, 6.45) is 3.54. The van der Waals surface area contributed by atoms with Gasteiger partial charge in [-0.15, -0.1) is 28.8 Å². The third kappa shape index (κ3) is 4.40. The Bertz CT molecular complexity index is 920. The average molecular weight is 422 g/mol. The highest BCUT2D eigenvalue weighted by molar-refractivity contribution is 7.13. The smallest absolute Gasteiger partial charge is 0.291 e. The highest BCUT2D eigenvalue weighted by atomic mass is 35.5. The molecule has 1 aromatic carbocycles. The first-order valence-electron chi connectivity index (χ1n) is 8.93. The summed E-state index contributed by atoms with van der Waals surface area (Å²) in [7, 11) is 0. The minimum atomic E-state index is -0.329. The van der Waals surface area contributed by atoms with Crippen LogP contribution in [0.25, 0.3) is 16.4 Å². The quantitative estimate of drug-likeness (QED) is 0.674. The zero-order valence-corrected chi connectivity index (χ0v) is 16.7. The van der Waals surface area contributed by atoms with Crippen LogP contribution < -0.4 is 11.1 Å². The van der Waals surface area contributed by atoms with E-state index in [9.17, 15) is 9.18 Å². The summed E-state index contributed by atoms with van der Waals surface area (Å²) in [5.41, 5.74) is 6.57. The number of benzene rings is 1. The second-order valence-electron chi connectivity index (χ2n) is 6.71. The maximum atomic E-state index is 13.3. The number of thiophene rings is 1. The summed E-state index contributed by atoms with van der Waals surface area (Å²) in [5, 5.41) is 9.35. The van der Waals surface area contributed by atoms with E-state index < -0.39 is 0 Å². The van der Waals surface area contributed by atoms with Crippen LogP contribution in [-0.2, 0) is 0 Å². The van der Waals surface area contributed by atoms with Crippen molar-refractivity contribution in [2.75, 3.05) is 0 Å². The van der Waals surface area contributed by atoms with Crippen molar-refractivity contribution in [1.29, 1.82) is 0 Å². The highest BCUT2D eigenvalue weighted by Crippen LogP contribution is 2.26. The molecule has 1 amide bonds. The van der Waals surface area contributed by atoms with Gasteiger partial charge in [-0.1, -0.05) is 6.07 Å². The number of nitrogens with zero attached hydrogens (tertiary/aromatic N) is 3. The van der Waals surface area contributed by atoms with Crippen LogP contribution in [0.1, 0.15) is 36.3 Å². The largest absolute Gasteiger partial charge is 0.347 e. The van der Waals surface area contributed by atoms with Gasteiger partial charge in [0.15, 0.2) is 5.82 Å². The summed E-state index contributed by atoms with van der Waals surface area (Å²) in [4.78, 5) is 18.0. The number of hydrogen-bond acceptors (Lipinski definition) is 5. The maximum absolute atomic E-state index is 13.3. The van der Waals surface area contributed by atoms with Gasteiger partial charge in [0.1, 0.15) is 5.82 Å². The van der Waals surface area contributed by atoms with E-state index in [-0.39, 0.29) is 42.0 Å². The lowest BCUT2D eigenvalue weighted by Gasteiger charge is -2.26. The Morgan fingerprint density at radius 1 is 1.18 bits per heavy atom. The molecular formula is C19H21ClFN5OS. The van der Waals surface area contributed by atoms with Crippen molar-refractivity contribution in [3.63, 3.8) is 0 Å². The van der Waals surface area contributed by atoms with E-state index >= 15 is 0 Å². The van der Waals surface area contributed by atoms with Gasteiger partial charge >= 0.3 is 0 Å². The minimum Gasteiger partial charge on any atom is -0.347 e. The normalized spacial score (nSPS) is 19.1. The molecule has 1 aliphatic carbocycles. The predicted octanol–water partition coefficient (Wildman–Crippen LogP) is 3.56. The van der Waals surface area contributed by atoms with E-state index in [1.165, 1.54) is 23.5 Å². The number of nitrogens with one attached hydrogen (secondary N) is 1. The average Bonchev–Trinajstić information content (AvgIpc) is 3.33. The fourth-order valence-corrected chi connectivity index (χ4v) is 3.95. The van der Waals surface area contributed by atoms with Crippen LogP contribution in [0, 0.1) is 5.82 Å². The number of rotatable bonds is 4. The van der Waals surface area contributed by atoms with E-state index in [0.717, 1.165) is 30.6 Å². The number of carbonyl (C=O) groups excluding carboxylic acids is 1. The highest BCUT2D eigenvalue weighted by Gasteiger charge is 2.24. The number of halogens is 2. The van der Waals surface area contributed by atoms with Gasteiger partial charge in [0.25, 0.3) is 5.91 Å². The molecule has 1 fully saturated rings. The van der Waals surface area contributed by atoms with Crippen molar-refractivity contribution < 1.29 is 9.18 Å². The summed E-state index contributed by atoms with van der Waals surface area (Å²) in [5.74, 6) is 0.0455. The molecule has 3 aromatic rings. The molecule has 0 saturated heterocycles. The second-order valence-corrected chi connectivity index (χ2v) is 7.66. The lowest BCUT2D eigenvalue weighted by atomic mass is 9.92. The number of carbonyl (C=O) groups is 1. The second kappa shape index (κ2) is 8.81. The van der Waals surface area contributed by atoms with E-state index in [2.05, 4.69) is 15.4 Å². The van der Waals surface area contributed by atoms with Crippen molar-refractivity contribution in [3.05, 3.63) is 53.4 Å². The molecule has 3 N–H and O–H groups in total. The van der Waals surface area contributed by atoms with Gasteiger partial charge in [-0.2, -0.15) is 0 Å². The molecule has 1 saturated carbocycles. The molecule has 0 spiro atoms. The third-order valence-corrected chi connectivity index (χ3v) is 5.60. The van der Waals surface area contributed by atoms with Crippen LogP contribution in [-0.4, -0.2) is 32.8 Å². The fraction of sp³-hybridized carbons (Fsp3) is 0.316. The van der Waals surface area contributed by atoms with Gasteiger partial charge in [0.05, 0.1) is 10.6 Å². The monoisotopic (exact) mass is 421 g/mol. The zero-order chi connectivity index (χ0) is 18.8. The Morgan fingerprint density at radius 2 is 1.89 bits per heavy atom. The molecule has 0 radical (unpaired) electrons. The minimum absolute atomic E-state index is 0. The molecule has 0 unspecified atom stereocenters. The van der Waals surface area contributed by atoms with Gasteiger partial charge < -0.3 is 11.1 Å². The molecule has 0 aliphatic heterocycles. The van der Waals surface area contributed by atoms with Gasteiger partial charge in [0.2, 0.25) is 5.82 Å². The topological polar surface area (TPSA) is 85.8 Å². The van der Waals surface area contributed by atoms with E-state index in [1.54, 1.807) is 16.8 Å². The number of hydrogen-bond donors (Lipinski definition) is 2. The summed E-state index contributed by atoms with van der Waals surface area (Å²) >= 11 is 1.51. The first-order chi connectivity index (χ1) is 13.1. The van der Waals surface area contributed by atoms with E-state index in [4.69, 9.17) is 5.73 Å². The first-order valence-corrected chi connectivity index (χ1v) is 9.81. The van der Waals surface area contributed by atoms with Crippen LogP contribution in [0.4, 0.5) is 4.39 Å². The molecular weight excluding hydrogens is 401 g/mol. The third-order valence-electron chi connectivity index (χ3n) is 4.73. The zero-order valence-electron chi connectivity index (χ0n) is 15.0. The molecule has 4 rings (SSSR count). The molecule has 0 bridgehead atoms. The number of nitrogens with two attached hydrogens (primary N) is 1. The standard InChI is InChI=1S/C19H20FN5OS.ClH/c20-12-3-9-15(10-4-12)25-18(16-2-1-11-27-16)23-17(24-25)19(26)22-14-7-5-13(21)6-8-14;/h1-4,9-11,13-14H,5-8,21H2,(H,22,26);1H. The van der Waals surface area contributed by atoms with Crippen LogP contribution in [0.2, 0.25) is 0 Å². The fourth-order valence-electron chi connectivity index (χ4n) is 3.25. The predicted molar refractivity (Wildman–Crippen MR) is 110 cm³/mol. The molecule has 2 heterocycles. The summed E-state index contributed by atoms with van der Waals surface area (Å²) in [6, 6.07) is 10.1. The van der Waals surface area contributed by atoms with Gasteiger partial charge in [-0.25, -0.2) is 14.1 Å². The van der Waals surface area contributed by atoms with Crippen LogP contribution in [0.3, 0.4) is 0 Å². The Kier molecular flexibility index (Phi) is 6.43. The summed E-state index contributed by atoms with van der Waals surface area (Å²) < 4.78 is 14.9. The van der Waals surface area contributed by atoms with Crippen molar-refractivity contribution in [2.45, 2.75) is 37.8 Å². The van der Waals surface area contributed by atoms with Gasteiger partial charge in [-0.05, 0) is 61.4 Å². The van der Waals surface area contributed by atoms with Crippen molar-refractivity contribution >= 4 is 29.7 Å². The van der Waals surface area contributed by atoms with Gasteiger partial charge in [0, 0.05) is 12.1 Å². The van der Waals surface area contributed by atoms with Crippen molar-refractivity contribution in [3.8, 4) is 16.4 Å². The SMILES string of the molecule is Cl.NC1CCC(NC(=O)c2nc(-c3cccs3)n(-c3ccc(F)cc3)n2)CC1. The van der Waals surface area contributed by atoms with E-state index in [0.29, 0.717) is 11.5 Å². The first kappa shape index (κ1) is 20.4. The maximum Gasteiger partial charge on any atom is 0.291 e. The lowest BCUT2D eigenvalue weighted by molar-refractivity contribution is 0.0915. The Labute approximate surface area is 172 Å². The van der Waals surface area contributed by atoms with E-state index in [1.807, 2.05) is 17.5 Å². The number of amides is 1. The Balaban J connectivity index is 0.00000225. The van der Waals surface area contributed by atoms with Crippen LogP contribution in [0.15, 0.2) is 41.8 Å². The van der Waals surface area contributed by atoms with Crippen LogP contribution in [0.5, 0.6) is 0 Å². The molecule has 1 aliphatic rings. The van der Waals surface area contributed by atoms with Gasteiger partial charge in [-0.3, -0.25) is 4.79 Å². The van der Waals surface area contributed by atoms with Crippen molar-refractivity contribution in [1.82, 2.24) is 20.1 Å².